The second-order valence-corrected chi connectivity index (χ2v) is 7.48. The standard InChI is InChI=1S/C24H17NO4/c26-20-16-10-4-5-11-17(16)21(27)24(20,29)23(14-15-8-2-1-3-9-15)18-12-6-7-13-19(18)25-22(23)28/h1-13,29H,14H2,(H,25,28). The molecule has 0 radical (unpaired) electrons. The van der Waals surface area contributed by atoms with Crippen molar-refractivity contribution in [2.45, 2.75) is 17.4 Å². The monoisotopic (exact) mass is 383 g/mol. The first-order valence-electron chi connectivity index (χ1n) is 9.36. The quantitative estimate of drug-likeness (QED) is 0.681. The first kappa shape index (κ1) is 17.5. The Morgan fingerprint density at radius 2 is 1.28 bits per heavy atom. The highest BCUT2D eigenvalue weighted by Crippen LogP contribution is 2.52. The van der Waals surface area contributed by atoms with Crippen molar-refractivity contribution in [3.63, 3.8) is 0 Å². The Morgan fingerprint density at radius 3 is 1.93 bits per heavy atom. The van der Waals surface area contributed by atoms with Crippen molar-refractivity contribution in [3.8, 4) is 0 Å². The van der Waals surface area contributed by atoms with Crippen LogP contribution in [-0.4, -0.2) is 28.2 Å². The van der Waals surface area contributed by atoms with E-state index in [1.165, 1.54) is 12.1 Å². The highest BCUT2D eigenvalue weighted by atomic mass is 16.3. The number of rotatable bonds is 3. The van der Waals surface area contributed by atoms with Gasteiger partial charge in [0.05, 0.1) is 0 Å². The summed E-state index contributed by atoms with van der Waals surface area (Å²) in [4.78, 5) is 40.2. The van der Waals surface area contributed by atoms with Crippen molar-refractivity contribution >= 4 is 23.2 Å². The number of para-hydroxylation sites is 1. The molecule has 0 aromatic heterocycles. The van der Waals surface area contributed by atoms with Gasteiger partial charge in [0.15, 0.2) is 0 Å². The lowest BCUT2D eigenvalue weighted by atomic mass is 9.62. The van der Waals surface area contributed by atoms with Crippen LogP contribution in [-0.2, 0) is 16.6 Å². The van der Waals surface area contributed by atoms with Gasteiger partial charge < -0.3 is 10.4 Å². The van der Waals surface area contributed by atoms with Crippen molar-refractivity contribution in [2.24, 2.45) is 0 Å². The molecule has 0 fully saturated rings. The van der Waals surface area contributed by atoms with Crippen LogP contribution in [0.4, 0.5) is 5.69 Å². The molecule has 0 bridgehead atoms. The van der Waals surface area contributed by atoms with Gasteiger partial charge in [0.1, 0.15) is 5.41 Å². The minimum atomic E-state index is -2.52. The second-order valence-electron chi connectivity index (χ2n) is 7.48. The van der Waals surface area contributed by atoms with Crippen LogP contribution in [0.25, 0.3) is 0 Å². The number of Topliss-reactive ketones (excluding diaryl/α,β-unsaturated/α-hetero) is 2. The Balaban J connectivity index is 1.80. The van der Waals surface area contributed by atoms with Gasteiger partial charge in [-0.2, -0.15) is 0 Å². The summed E-state index contributed by atoms with van der Waals surface area (Å²) in [5.41, 5.74) is -2.32. The molecule has 1 aliphatic heterocycles. The number of hydrogen-bond donors (Lipinski definition) is 2. The zero-order chi connectivity index (χ0) is 20.2. The predicted octanol–water partition coefficient (Wildman–Crippen LogP) is 2.93. The van der Waals surface area contributed by atoms with Crippen LogP contribution >= 0.6 is 0 Å². The number of benzene rings is 3. The van der Waals surface area contributed by atoms with Crippen molar-refractivity contribution in [3.05, 3.63) is 101 Å². The van der Waals surface area contributed by atoms with Gasteiger partial charge in [-0.1, -0.05) is 72.8 Å². The molecule has 3 aromatic rings. The summed E-state index contributed by atoms with van der Waals surface area (Å²) in [5.74, 6) is -2.03. The number of carbonyl (C=O) groups excluding carboxylic acids is 3. The molecule has 3 aromatic carbocycles. The van der Waals surface area contributed by atoms with E-state index in [9.17, 15) is 19.5 Å². The maximum atomic E-state index is 13.4. The number of fused-ring (bicyclic) bond motifs is 2. The molecule has 1 unspecified atom stereocenters. The summed E-state index contributed by atoms with van der Waals surface area (Å²) < 4.78 is 0. The lowest BCUT2D eigenvalue weighted by Crippen LogP contribution is -2.63. The van der Waals surface area contributed by atoms with Crippen molar-refractivity contribution in [1.29, 1.82) is 0 Å². The number of anilines is 1. The number of aliphatic hydroxyl groups is 1. The topological polar surface area (TPSA) is 83.5 Å². The van der Waals surface area contributed by atoms with Crippen LogP contribution in [0, 0.1) is 0 Å². The number of amides is 1. The fourth-order valence-electron chi connectivity index (χ4n) is 4.64. The van der Waals surface area contributed by atoms with E-state index in [1.807, 2.05) is 30.3 Å². The number of carbonyl (C=O) groups is 3. The molecular weight excluding hydrogens is 366 g/mol. The molecule has 0 spiro atoms. The van der Waals surface area contributed by atoms with Gasteiger partial charge in [-0.15, -0.1) is 0 Å². The Hall–Kier alpha value is -3.57. The average Bonchev–Trinajstić information content (AvgIpc) is 3.15. The third-order valence-corrected chi connectivity index (χ3v) is 6.03. The third kappa shape index (κ3) is 2.10. The summed E-state index contributed by atoms with van der Waals surface area (Å²) in [5, 5.41) is 14.6. The van der Waals surface area contributed by atoms with Gasteiger partial charge in [0.2, 0.25) is 23.1 Å². The van der Waals surface area contributed by atoms with Crippen LogP contribution in [0.15, 0.2) is 78.9 Å². The predicted molar refractivity (Wildman–Crippen MR) is 107 cm³/mol. The molecule has 0 saturated heterocycles. The molecular formula is C24H17NO4. The normalized spacial score (nSPS) is 21.6. The van der Waals surface area contributed by atoms with Crippen LogP contribution in [0.5, 0.6) is 0 Å². The molecule has 5 rings (SSSR count). The Labute approximate surface area is 167 Å². The molecule has 1 amide bonds. The second kappa shape index (κ2) is 5.96. The molecule has 1 aliphatic carbocycles. The molecule has 2 aliphatic rings. The smallest absolute Gasteiger partial charge is 0.239 e. The summed E-state index contributed by atoms with van der Waals surface area (Å²) in [7, 11) is 0. The number of hydrogen-bond acceptors (Lipinski definition) is 4. The molecule has 5 nitrogen and oxygen atoms in total. The van der Waals surface area contributed by atoms with E-state index in [1.54, 1.807) is 36.4 Å². The van der Waals surface area contributed by atoms with Gasteiger partial charge >= 0.3 is 0 Å². The minimum Gasteiger partial charge on any atom is -0.373 e. The molecule has 142 valence electrons. The summed E-state index contributed by atoms with van der Waals surface area (Å²) in [6, 6.07) is 22.3. The van der Waals surface area contributed by atoms with Gasteiger partial charge in [-0.3, -0.25) is 14.4 Å². The molecule has 1 heterocycles. The summed E-state index contributed by atoms with van der Waals surface area (Å²) in [6.07, 6.45) is 0.0126. The van der Waals surface area contributed by atoms with Crippen LogP contribution < -0.4 is 5.32 Å². The number of nitrogens with one attached hydrogen (secondary N) is 1. The molecule has 0 saturated carbocycles. The fraction of sp³-hybridized carbons (Fsp3) is 0.125. The first-order valence-corrected chi connectivity index (χ1v) is 9.36. The van der Waals surface area contributed by atoms with Crippen LogP contribution in [0.3, 0.4) is 0 Å². The van der Waals surface area contributed by atoms with E-state index in [0.717, 1.165) is 5.56 Å². The van der Waals surface area contributed by atoms with Crippen molar-refractivity contribution in [2.75, 3.05) is 5.32 Å². The maximum absolute atomic E-state index is 13.4. The zero-order valence-electron chi connectivity index (χ0n) is 15.4. The van der Waals surface area contributed by atoms with E-state index in [4.69, 9.17) is 0 Å². The Kier molecular flexibility index (Phi) is 3.60. The van der Waals surface area contributed by atoms with E-state index in [0.29, 0.717) is 11.3 Å². The van der Waals surface area contributed by atoms with E-state index >= 15 is 0 Å². The average molecular weight is 383 g/mol. The van der Waals surface area contributed by atoms with Crippen molar-refractivity contribution in [1.82, 2.24) is 0 Å². The first-order chi connectivity index (χ1) is 14.0. The van der Waals surface area contributed by atoms with Crippen LogP contribution in [0.2, 0.25) is 0 Å². The SMILES string of the molecule is O=C1c2ccccc2C(=O)C1(O)C1(Cc2ccccc2)C(=O)Nc2ccccc21. The minimum absolute atomic E-state index is 0.0126. The van der Waals surface area contributed by atoms with E-state index < -0.39 is 28.5 Å². The Morgan fingerprint density at radius 1 is 0.724 bits per heavy atom. The lowest BCUT2D eigenvalue weighted by molar-refractivity contribution is -0.126. The molecule has 2 N–H and O–H groups in total. The highest BCUT2D eigenvalue weighted by Gasteiger charge is 2.70. The summed E-state index contributed by atoms with van der Waals surface area (Å²) >= 11 is 0. The Bertz CT molecular complexity index is 1150. The number of ketones is 2. The van der Waals surface area contributed by atoms with E-state index in [2.05, 4.69) is 5.32 Å². The van der Waals surface area contributed by atoms with Gasteiger partial charge in [0.25, 0.3) is 0 Å². The van der Waals surface area contributed by atoms with Gasteiger partial charge in [0, 0.05) is 16.8 Å². The van der Waals surface area contributed by atoms with Crippen molar-refractivity contribution < 1.29 is 19.5 Å². The summed E-state index contributed by atoms with van der Waals surface area (Å²) in [6.45, 7) is 0. The molecule has 1 atom stereocenters. The zero-order valence-corrected chi connectivity index (χ0v) is 15.4. The van der Waals surface area contributed by atoms with Crippen LogP contribution in [0.1, 0.15) is 31.8 Å². The fourth-order valence-corrected chi connectivity index (χ4v) is 4.64. The lowest BCUT2D eigenvalue weighted by Gasteiger charge is -2.38. The largest absolute Gasteiger partial charge is 0.373 e. The molecule has 29 heavy (non-hydrogen) atoms. The molecule has 5 heteroatoms. The maximum Gasteiger partial charge on any atom is 0.239 e. The third-order valence-electron chi connectivity index (χ3n) is 6.03. The van der Waals surface area contributed by atoms with Gasteiger partial charge in [-0.25, -0.2) is 0 Å². The van der Waals surface area contributed by atoms with E-state index in [-0.39, 0.29) is 17.5 Å². The highest BCUT2D eigenvalue weighted by molar-refractivity contribution is 6.36. The van der Waals surface area contributed by atoms with Gasteiger partial charge in [-0.05, 0) is 23.6 Å².